The van der Waals surface area contributed by atoms with Crippen LogP contribution in [0.4, 0.5) is 0 Å². The van der Waals surface area contributed by atoms with Gasteiger partial charge in [0, 0.05) is 12.6 Å². The average molecular weight is 266 g/mol. The molecular formula is C15H26N2O2. The second kappa shape index (κ2) is 6.26. The van der Waals surface area contributed by atoms with Crippen molar-refractivity contribution in [2.24, 2.45) is 11.1 Å². The van der Waals surface area contributed by atoms with Crippen molar-refractivity contribution in [2.75, 3.05) is 27.2 Å². The molecule has 0 fully saturated rings. The normalized spacial score (nSPS) is 13.6. The van der Waals surface area contributed by atoms with Crippen LogP contribution in [0.1, 0.15) is 32.4 Å². The fraction of sp³-hybridized carbons (Fsp3) is 0.600. The SMILES string of the molecule is COc1cc(C(C)N(C)CC(C)(C)CN)ccc1O. The van der Waals surface area contributed by atoms with Gasteiger partial charge in [-0.15, -0.1) is 0 Å². The van der Waals surface area contributed by atoms with Gasteiger partial charge in [-0.25, -0.2) is 0 Å². The van der Waals surface area contributed by atoms with E-state index in [9.17, 15) is 5.11 Å². The van der Waals surface area contributed by atoms with E-state index in [1.54, 1.807) is 13.2 Å². The largest absolute Gasteiger partial charge is 0.504 e. The maximum Gasteiger partial charge on any atom is 0.160 e. The summed E-state index contributed by atoms with van der Waals surface area (Å²) in [7, 11) is 3.64. The number of hydrogen-bond donors (Lipinski definition) is 2. The molecule has 4 nitrogen and oxygen atoms in total. The molecule has 4 heteroatoms. The number of nitrogens with zero attached hydrogens (tertiary/aromatic N) is 1. The fourth-order valence-electron chi connectivity index (χ4n) is 2.09. The number of phenols is 1. The number of phenolic OH excluding ortho intramolecular Hbond substituents is 1. The van der Waals surface area contributed by atoms with E-state index in [0.29, 0.717) is 12.3 Å². The van der Waals surface area contributed by atoms with Gasteiger partial charge >= 0.3 is 0 Å². The molecule has 19 heavy (non-hydrogen) atoms. The second-order valence-electron chi connectivity index (χ2n) is 5.89. The number of ether oxygens (including phenoxy) is 1. The highest BCUT2D eigenvalue weighted by Gasteiger charge is 2.22. The Bertz CT molecular complexity index is 419. The van der Waals surface area contributed by atoms with Gasteiger partial charge in [0.1, 0.15) is 0 Å². The summed E-state index contributed by atoms with van der Waals surface area (Å²) in [6, 6.07) is 5.72. The van der Waals surface area contributed by atoms with Gasteiger partial charge in [0.15, 0.2) is 11.5 Å². The molecule has 1 atom stereocenters. The summed E-state index contributed by atoms with van der Waals surface area (Å²) < 4.78 is 5.15. The van der Waals surface area contributed by atoms with Crippen molar-refractivity contribution in [3.63, 3.8) is 0 Å². The molecule has 0 aromatic heterocycles. The Labute approximate surface area is 116 Å². The number of hydrogen-bond acceptors (Lipinski definition) is 4. The highest BCUT2D eigenvalue weighted by Crippen LogP contribution is 2.31. The van der Waals surface area contributed by atoms with Crippen LogP contribution in [0, 0.1) is 5.41 Å². The van der Waals surface area contributed by atoms with Crippen molar-refractivity contribution in [1.29, 1.82) is 0 Å². The van der Waals surface area contributed by atoms with Crippen LogP contribution in [-0.4, -0.2) is 37.3 Å². The van der Waals surface area contributed by atoms with Crippen molar-refractivity contribution in [2.45, 2.75) is 26.8 Å². The summed E-state index contributed by atoms with van der Waals surface area (Å²) in [5, 5.41) is 9.62. The van der Waals surface area contributed by atoms with E-state index in [0.717, 1.165) is 12.1 Å². The molecule has 1 rings (SSSR count). The highest BCUT2D eigenvalue weighted by atomic mass is 16.5. The average Bonchev–Trinajstić information content (AvgIpc) is 2.38. The highest BCUT2D eigenvalue weighted by molar-refractivity contribution is 5.42. The van der Waals surface area contributed by atoms with Crippen LogP contribution >= 0.6 is 0 Å². The first-order chi connectivity index (χ1) is 8.80. The first-order valence-electron chi connectivity index (χ1n) is 6.58. The van der Waals surface area contributed by atoms with Crippen LogP contribution in [0.15, 0.2) is 18.2 Å². The van der Waals surface area contributed by atoms with Gasteiger partial charge in [0.25, 0.3) is 0 Å². The molecule has 0 spiro atoms. The lowest BCUT2D eigenvalue weighted by molar-refractivity contribution is 0.174. The van der Waals surface area contributed by atoms with E-state index in [1.807, 2.05) is 12.1 Å². The van der Waals surface area contributed by atoms with Crippen LogP contribution in [0.2, 0.25) is 0 Å². The molecule has 1 aromatic rings. The van der Waals surface area contributed by atoms with Gasteiger partial charge in [-0.05, 0) is 43.6 Å². The van der Waals surface area contributed by atoms with Gasteiger partial charge < -0.3 is 15.6 Å². The van der Waals surface area contributed by atoms with Crippen LogP contribution in [0.3, 0.4) is 0 Å². The molecule has 0 aliphatic rings. The number of methoxy groups -OCH3 is 1. The maximum absolute atomic E-state index is 9.62. The topological polar surface area (TPSA) is 58.7 Å². The zero-order chi connectivity index (χ0) is 14.6. The van der Waals surface area contributed by atoms with E-state index in [4.69, 9.17) is 10.5 Å². The van der Waals surface area contributed by atoms with E-state index in [-0.39, 0.29) is 17.2 Å². The number of rotatable bonds is 6. The minimum absolute atomic E-state index is 0.0873. The van der Waals surface area contributed by atoms with Crippen LogP contribution in [0.5, 0.6) is 11.5 Å². The molecule has 1 unspecified atom stereocenters. The summed E-state index contributed by atoms with van der Waals surface area (Å²) in [5.74, 6) is 0.680. The van der Waals surface area contributed by atoms with E-state index < -0.39 is 0 Å². The molecule has 0 aliphatic carbocycles. The lowest BCUT2D eigenvalue weighted by Crippen LogP contribution is -2.37. The summed E-state index contributed by atoms with van der Waals surface area (Å²) in [6.45, 7) is 8.02. The zero-order valence-corrected chi connectivity index (χ0v) is 12.6. The van der Waals surface area contributed by atoms with Gasteiger partial charge in [-0.3, -0.25) is 4.90 Å². The second-order valence-corrected chi connectivity index (χ2v) is 5.89. The van der Waals surface area contributed by atoms with Crippen molar-refractivity contribution < 1.29 is 9.84 Å². The zero-order valence-electron chi connectivity index (χ0n) is 12.6. The van der Waals surface area contributed by atoms with Crippen molar-refractivity contribution in [3.05, 3.63) is 23.8 Å². The summed E-state index contributed by atoms with van der Waals surface area (Å²) in [4.78, 5) is 2.26. The predicted molar refractivity (Wildman–Crippen MR) is 78.5 cm³/mol. The number of aromatic hydroxyl groups is 1. The van der Waals surface area contributed by atoms with Crippen molar-refractivity contribution in [1.82, 2.24) is 4.90 Å². The first-order valence-corrected chi connectivity index (χ1v) is 6.58. The summed E-state index contributed by atoms with van der Waals surface area (Å²) >= 11 is 0. The molecule has 1 aromatic carbocycles. The van der Waals surface area contributed by atoms with Gasteiger partial charge in [-0.2, -0.15) is 0 Å². The minimum atomic E-state index is 0.0873. The van der Waals surface area contributed by atoms with Crippen LogP contribution < -0.4 is 10.5 Å². The maximum atomic E-state index is 9.62. The Morgan fingerprint density at radius 2 is 2.05 bits per heavy atom. The molecule has 0 saturated carbocycles. The Morgan fingerprint density at radius 3 is 2.58 bits per heavy atom. The molecular weight excluding hydrogens is 240 g/mol. The molecule has 0 bridgehead atoms. The molecule has 0 radical (unpaired) electrons. The molecule has 0 amide bonds. The smallest absolute Gasteiger partial charge is 0.160 e. The quantitative estimate of drug-likeness (QED) is 0.830. The lowest BCUT2D eigenvalue weighted by atomic mass is 9.92. The van der Waals surface area contributed by atoms with Crippen molar-refractivity contribution >= 4 is 0 Å². The minimum Gasteiger partial charge on any atom is -0.504 e. The number of nitrogens with two attached hydrogens (primary N) is 1. The Hall–Kier alpha value is -1.26. The van der Waals surface area contributed by atoms with Gasteiger partial charge in [0.2, 0.25) is 0 Å². The molecule has 0 aliphatic heterocycles. The Balaban J connectivity index is 2.85. The molecule has 3 N–H and O–H groups in total. The standard InChI is InChI=1S/C15H26N2O2/c1-11(17(4)10-15(2,3)9-16)12-6-7-13(18)14(8-12)19-5/h6-8,11,18H,9-10,16H2,1-5H3. The Morgan fingerprint density at radius 1 is 1.42 bits per heavy atom. The molecule has 0 heterocycles. The monoisotopic (exact) mass is 266 g/mol. The Kier molecular flexibility index (Phi) is 5.20. The van der Waals surface area contributed by atoms with Gasteiger partial charge in [0.05, 0.1) is 7.11 Å². The summed E-state index contributed by atoms with van der Waals surface area (Å²) in [6.07, 6.45) is 0. The third-order valence-electron chi connectivity index (χ3n) is 3.58. The van der Waals surface area contributed by atoms with Crippen LogP contribution in [-0.2, 0) is 0 Å². The predicted octanol–water partition coefficient (Wildman–Crippen LogP) is 2.38. The lowest BCUT2D eigenvalue weighted by Gasteiger charge is -2.33. The fourth-order valence-corrected chi connectivity index (χ4v) is 2.09. The third kappa shape index (κ3) is 4.11. The third-order valence-corrected chi connectivity index (χ3v) is 3.58. The molecule has 108 valence electrons. The van der Waals surface area contributed by atoms with Gasteiger partial charge in [-0.1, -0.05) is 19.9 Å². The first kappa shape index (κ1) is 15.8. The summed E-state index contributed by atoms with van der Waals surface area (Å²) in [5.41, 5.74) is 6.98. The van der Waals surface area contributed by atoms with Crippen molar-refractivity contribution in [3.8, 4) is 11.5 Å². The van der Waals surface area contributed by atoms with E-state index >= 15 is 0 Å². The molecule has 0 saturated heterocycles. The van der Waals surface area contributed by atoms with E-state index in [2.05, 4.69) is 32.7 Å². The number of benzene rings is 1. The van der Waals surface area contributed by atoms with Crippen LogP contribution in [0.25, 0.3) is 0 Å². The van der Waals surface area contributed by atoms with E-state index in [1.165, 1.54) is 0 Å².